The van der Waals surface area contributed by atoms with E-state index >= 15 is 0 Å². The van der Waals surface area contributed by atoms with Crippen molar-refractivity contribution in [1.82, 2.24) is 0 Å². The summed E-state index contributed by atoms with van der Waals surface area (Å²) in [6.45, 7) is 11.1. The molecule has 4 aliphatic carbocycles. The van der Waals surface area contributed by atoms with Crippen molar-refractivity contribution >= 4 is 11.6 Å². The average Bonchev–Trinajstić information content (AvgIpc) is 2.84. The van der Waals surface area contributed by atoms with Crippen LogP contribution in [0.15, 0.2) is 23.4 Å². The second-order valence-electron chi connectivity index (χ2n) is 9.15. The van der Waals surface area contributed by atoms with Crippen LogP contribution in [0.2, 0.25) is 0 Å². The molecule has 0 aliphatic heterocycles. The topological polar surface area (TPSA) is 60.2 Å². The quantitative estimate of drug-likeness (QED) is 0.736. The van der Waals surface area contributed by atoms with E-state index in [1.54, 1.807) is 0 Å². The summed E-state index contributed by atoms with van der Waals surface area (Å²) in [5.41, 5.74) is 8.67. The minimum absolute atomic E-state index is 0.0424. The molecule has 0 aromatic heterocycles. The third-order valence-electron chi connectivity index (χ3n) is 8.32. The van der Waals surface area contributed by atoms with E-state index in [1.165, 1.54) is 0 Å². The third-order valence-corrected chi connectivity index (χ3v) is 8.32. The summed E-state index contributed by atoms with van der Waals surface area (Å²) in [7, 11) is 0. The zero-order valence-corrected chi connectivity index (χ0v) is 15.2. The average molecular weight is 327 g/mol. The van der Waals surface area contributed by atoms with Crippen LogP contribution in [0.4, 0.5) is 0 Å². The monoisotopic (exact) mass is 327 g/mol. The zero-order chi connectivity index (χ0) is 17.4. The highest BCUT2D eigenvalue weighted by Crippen LogP contribution is 2.67. The molecule has 0 heterocycles. The highest BCUT2D eigenvalue weighted by molar-refractivity contribution is 5.97. The molecule has 0 amide bonds. The molecule has 3 nitrogen and oxygen atoms in total. The molecule has 3 heteroatoms. The largest absolute Gasteiger partial charge is 0.396 e. The lowest BCUT2D eigenvalue weighted by Crippen LogP contribution is -2.54. The number of fused-ring (bicyclic) bond motifs is 5. The maximum Gasteiger partial charge on any atom is 0.178 e. The van der Waals surface area contributed by atoms with Gasteiger partial charge >= 0.3 is 0 Å². The van der Waals surface area contributed by atoms with Crippen LogP contribution in [0.25, 0.3) is 0 Å². The SMILES string of the molecule is C=C1C2=C(N)C(=O)CC[C@]2(C)[C@@H]2CC[C@]3(C)C(=O)CC[C@H]3[C@@H]2C1C. The van der Waals surface area contributed by atoms with Gasteiger partial charge < -0.3 is 5.73 Å². The van der Waals surface area contributed by atoms with Crippen LogP contribution in [0.1, 0.15) is 59.3 Å². The summed E-state index contributed by atoms with van der Waals surface area (Å²) in [6, 6.07) is 0. The minimum Gasteiger partial charge on any atom is -0.396 e. The summed E-state index contributed by atoms with van der Waals surface area (Å²) in [5, 5.41) is 0. The molecule has 0 saturated heterocycles. The summed E-state index contributed by atoms with van der Waals surface area (Å²) in [5.74, 6) is 2.34. The fourth-order valence-corrected chi connectivity index (χ4v) is 6.86. The number of Topliss-reactive ketones (excluding diaryl/α,β-unsaturated/α-hetero) is 2. The Bertz CT molecular complexity index is 690. The van der Waals surface area contributed by atoms with Crippen molar-refractivity contribution in [2.24, 2.45) is 40.2 Å². The van der Waals surface area contributed by atoms with Gasteiger partial charge in [0.05, 0.1) is 5.70 Å². The first kappa shape index (κ1) is 16.1. The molecule has 4 rings (SSSR count). The molecule has 0 aromatic rings. The summed E-state index contributed by atoms with van der Waals surface area (Å²) >= 11 is 0. The van der Waals surface area contributed by atoms with E-state index in [2.05, 4.69) is 27.4 Å². The van der Waals surface area contributed by atoms with Gasteiger partial charge in [-0.1, -0.05) is 27.4 Å². The normalized spacial score (nSPS) is 48.2. The van der Waals surface area contributed by atoms with Crippen LogP contribution in [-0.4, -0.2) is 11.6 Å². The Morgan fingerprint density at radius 3 is 2.42 bits per heavy atom. The second kappa shape index (κ2) is 4.83. The Labute approximate surface area is 144 Å². The minimum atomic E-state index is -0.136. The second-order valence-corrected chi connectivity index (χ2v) is 9.15. The number of hydrogen-bond donors (Lipinski definition) is 1. The number of carbonyl (C=O) groups excluding carboxylic acids is 2. The lowest BCUT2D eigenvalue weighted by Gasteiger charge is -2.59. The van der Waals surface area contributed by atoms with Gasteiger partial charge in [0.25, 0.3) is 0 Å². The van der Waals surface area contributed by atoms with E-state index < -0.39 is 0 Å². The van der Waals surface area contributed by atoms with E-state index in [4.69, 9.17) is 5.73 Å². The van der Waals surface area contributed by atoms with Crippen LogP contribution in [0.3, 0.4) is 0 Å². The van der Waals surface area contributed by atoms with Gasteiger partial charge in [-0.05, 0) is 65.9 Å². The van der Waals surface area contributed by atoms with Crippen LogP contribution in [-0.2, 0) is 9.59 Å². The highest BCUT2D eigenvalue weighted by Gasteiger charge is 2.62. The van der Waals surface area contributed by atoms with Crippen molar-refractivity contribution < 1.29 is 9.59 Å². The Hall–Kier alpha value is -1.38. The van der Waals surface area contributed by atoms with Crippen molar-refractivity contribution in [3.8, 4) is 0 Å². The number of rotatable bonds is 0. The first-order valence-electron chi connectivity index (χ1n) is 9.47. The zero-order valence-electron chi connectivity index (χ0n) is 15.2. The molecule has 0 spiro atoms. The summed E-state index contributed by atoms with van der Waals surface area (Å²) < 4.78 is 0. The number of hydrogen-bond acceptors (Lipinski definition) is 3. The molecule has 4 aliphatic rings. The van der Waals surface area contributed by atoms with Crippen LogP contribution < -0.4 is 5.73 Å². The number of carbonyl (C=O) groups is 2. The third kappa shape index (κ3) is 1.74. The fourth-order valence-electron chi connectivity index (χ4n) is 6.86. The highest BCUT2D eigenvalue weighted by atomic mass is 16.1. The lowest BCUT2D eigenvalue weighted by molar-refractivity contribution is -0.133. The number of nitrogens with two attached hydrogens (primary N) is 1. The molecule has 1 unspecified atom stereocenters. The van der Waals surface area contributed by atoms with Crippen molar-refractivity contribution in [2.75, 3.05) is 0 Å². The van der Waals surface area contributed by atoms with E-state index in [0.717, 1.165) is 43.3 Å². The van der Waals surface area contributed by atoms with Gasteiger partial charge in [0.2, 0.25) is 0 Å². The van der Waals surface area contributed by atoms with Gasteiger partial charge in [-0.3, -0.25) is 9.59 Å². The first-order valence-corrected chi connectivity index (χ1v) is 9.47. The molecule has 3 fully saturated rings. The van der Waals surface area contributed by atoms with E-state index in [0.29, 0.717) is 41.6 Å². The van der Waals surface area contributed by atoms with Crippen LogP contribution >= 0.6 is 0 Å². The Balaban J connectivity index is 1.84. The molecular formula is C21H29NO2. The van der Waals surface area contributed by atoms with Crippen molar-refractivity contribution in [3.63, 3.8) is 0 Å². The first-order chi connectivity index (χ1) is 11.2. The Morgan fingerprint density at radius 1 is 1.04 bits per heavy atom. The van der Waals surface area contributed by atoms with Crippen molar-refractivity contribution in [3.05, 3.63) is 23.4 Å². The standard InChI is InChI=1S/C21H29NO2/c1-11-12(2)18-19(22)15(23)8-10-21(18,4)14-7-9-20(3)13(17(11)14)5-6-16(20)24/h11,13-14,17H,2,5-10,22H2,1,3-4H3/t11?,13-,14+,17-,20-,21+/m0/s1. The molecule has 130 valence electrons. The van der Waals surface area contributed by atoms with E-state index in [1.807, 2.05) is 0 Å². The van der Waals surface area contributed by atoms with Crippen molar-refractivity contribution in [2.45, 2.75) is 59.3 Å². The lowest BCUT2D eigenvalue weighted by atomic mass is 9.44. The van der Waals surface area contributed by atoms with Gasteiger partial charge in [-0.15, -0.1) is 0 Å². The van der Waals surface area contributed by atoms with Gasteiger partial charge in [0, 0.05) is 18.3 Å². The van der Waals surface area contributed by atoms with Crippen LogP contribution in [0, 0.1) is 34.5 Å². The van der Waals surface area contributed by atoms with E-state index in [9.17, 15) is 9.59 Å². The van der Waals surface area contributed by atoms with Crippen molar-refractivity contribution in [1.29, 1.82) is 0 Å². The van der Waals surface area contributed by atoms with E-state index in [-0.39, 0.29) is 16.6 Å². The molecular weight excluding hydrogens is 298 g/mol. The maximum atomic E-state index is 12.6. The summed E-state index contributed by atoms with van der Waals surface area (Å²) in [6.07, 6.45) is 5.26. The fraction of sp³-hybridized carbons (Fsp3) is 0.714. The maximum absolute atomic E-state index is 12.6. The predicted molar refractivity (Wildman–Crippen MR) is 93.9 cm³/mol. The van der Waals surface area contributed by atoms with Gasteiger partial charge in [0.15, 0.2) is 5.78 Å². The van der Waals surface area contributed by atoms with Gasteiger partial charge in [-0.2, -0.15) is 0 Å². The molecule has 0 aromatic carbocycles. The number of allylic oxidation sites excluding steroid dienone is 2. The smallest absolute Gasteiger partial charge is 0.178 e. The molecule has 2 N–H and O–H groups in total. The van der Waals surface area contributed by atoms with Crippen LogP contribution in [0.5, 0.6) is 0 Å². The molecule has 0 radical (unpaired) electrons. The Kier molecular flexibility index (Phi) is 3.24. The molecule has 3 saturated carbocycles. The molecule has 24 heavy (non-hydrogen) atoms. The molecule has 0 bridgehead atoms. The predicted octanol–water partition coefficient (Wildman–Crippen LogP) is 3.79. The summed E-state index contributed by atoms with van der Waals surface area (Å²) in [4.78, 5) is 24.8. The van der Waals surface area contributed by atoms with Gasteiger partial charge in [-0.25, -0.2) is 0 Å². The number of ketones is 2. The molecule has 6 atom stereocenters. The van der Waals surface area contributed by atoms with Gasteiger partial charge in [0.1, 0.15) is 5.78 Å². The Morgan fingerprint density at radius 2 is 1.71 bits per heavy atom.